The quantitative estimate of drug-likeness (QED) is 0.599. The third-order valence-electron chi connectivity index (χ3n) is 5.49. The van der Waals surface area contributed by atoms with Gasteiger partial charge in [0, 0.05) is 31.2 Å². The van der Waals surface area contributed by atoms with E-state index in [2.05, 4.69) is 15.5 Å². The summed E-state index contributed by atoms with van der Waals surface area (Å²) in [5.41, 5.74) is 0.762. The summed E-state index contributed by atoms with van der Waals surface area (Å²) in [6, 6.07) is 12.7. The van der Waals surface area contributed by atoms with E-state index in [1.165, 1.54) is 0 Å². The zero-order chi connectivity index (χ0) is 22.3. The largest absolute Gasteiger partial charge is 0.459 e. The number of aromatic nitrogens is 2. The van der Waals surface area contributed by atoms with Crippen LogP contribution in [0.2, 0.25) is 0 Å². The fourth-order valence-corrected chi connectivity index (χ4v) is 3.83. The summed E-state index contributed by atoms with van der Waals surface area (Å²) < 4.78 is 11.0. The second-order valence-electron chi connectivity index (χ2n) is 7.80. The number of benzene rings is 1. The highest BCUT2D eigenvalue weighted by Gasteiger charge is 2.31. The van der Waals surface area contributed by atoms with Gasteiger partial charge >= 0.3 is 6.03 Å². The van der Waals surface area contributed by atoms with Crippen LogP contribution in [0.15, 0.2) is 57.6 Å². The van der Waals surface area contributed by atoms with E-state index in [-0.39, 0.29) is 24.4 Å². The lowest BCUT2D eigenvalue weighted by atomic mass is 9.95. The molecular weight excluding hydrogens is 410 g/mol. The number of likely N-dealkylation sites (tertiary alicyclic amines) is 1. The second-order valence-corrected chi connectivity index (χ2v) is 7.80. The molecule has 0 radical (unpaired) electrons. The van der Waals surface area contributed by atoms with Crippen LogP contribution in [-0.4, -0.2) is 51.6 Å². The topological polar surface area (TPSA) is 105 Å². The van der Waals surface area contributed by atoms with Crippen molar-refractivity contribution in [3.63, 3.8) is 0 Å². The molecule has 0 saturated carbocycles. The van der Waals surface area contributed by atoms with Crippen LogP contribution in [0.4, 0.5) is 10.5 Å². The van der Waals surface area contributed by atoms with Gasteiger partial charge in [-0.3, -0.25) is 4.79 Å². The number of amides is 3. The average molecular weight is 438 g/mol. The van der Waals surface area contributed by atoms with Gasteiger partial charge in [0.25, 0.3) is 5.89 Å². The number of para-hydroxylation sites is 1. The monoisotopic (exact) mass is 437 g/mol. The Bertz CT molecular complexity index is 1010. The first-order chi connectivity index (χ1) is 15.6. The molecule has 1 fully saturated rings. The molecule has 0 aliphatic carbocycles. The van der Waals surface area contributed by atoms with Gasteiger partial charge in [-0.05, 0) is 43.5 Å². The van der Waals surface area contributed by atoms with Gasteiger partial charge in [0.1, 0.15) is 0 Å². The zero-order valence-electron chi connectivity index (χ0n) is 18.1. The van der Waals surface area contributed by atoms with E-state index in [4.69, 9.17) is 8.83 Å². The molecule has 1 saturated heterocycles. The predicted molar refractivity (Wildman–Crippen MR) is 117 cm³/mol. The maximum Gasteiger partial charge on any atom is 0.321 e. The van der Waals surface area contributed by atoms with Crippen LogP contribution < -0.4 is 5.32 Å². The fourth-order valence-electron chi connectivity index (χ4n) is 3.83. The average Bonchev–Trinajstić information content (AvgIpc) is 3.51. The van der Waals surface area contributed by atoms with Crippen molar-refractivity contribution >= 4 is 17.6 Å². The van der Waals surface area contributed by atoms with Crippen molar-refractivity contribution in [1.82, 2.24) is 20.0 Å². The van der Waals surface area contributed by atoms with Crippen molar-refractivity contribution in [3.05, 3.63) is 54.6 Å². The Balaban J connectivity index is 1.32. The Labute approximate surface area is 186 Å². The number of hydrogen-bond acceptors (Lipinski definition) is 6. The molecule has 3 aromatic rings. The van der Waals surface area contributed by atoms with Crippen LogP contribution in [-0.2, 0) is 11.3 Å². The van der Waals surface area contributed by atoms with Crippen molar-refractivity contribution < 1.29 is 18.4 Å². The molecule has 0 bridgehead atoms. The molecule has 2 aromatic heterocycles. The molecule has 0 spiro atoms. The highest BCUT2D eigenvalue weighted by atomic mass is 16.4. The van der Waals surface area contributed by atoms with Crippen molar-refractivity contribution in [2.45, 2.75) is 32.7 Å². The van der Waals surface area contributed by atoms with Gasteiger partial charge in [-0.1, -0.05) is 25.1 Å². The van der Waals surface area contributed by atoms with Crippen LogP contribution in [0, 0.1) is 5.92 Å². The molecule has 3 heterocycles. The van der Waals surface area contributed by atoms with Crippen LogP contribution in [0.3, 0.4) is 0 Å². The van der Waals surface area contributed by atoms with E-state index in [0.717, 1.165) is 12.1 Å². The number of carbonyl (C=O) groups is 2. The van der Waals surface area contributed by atoms with Gasteiger partial charge in [-0.15, -0.1) is 10.2 Å². The zero-order valence-corrected chi connectivity index (χ0v) is 18.1. The summed E-state index contributed by atoms with van der Waals surface area (Å²) in [5, 5.41) is 11.0. The van der Waals surface area contributed by atoms with E-state index in [9.17, 15) is 9.59 Å². The lowest BCUT2D eigenvalue weighted by Gasteiger charge is -2.34. The molecule has 9 nitrogen and oxygen atoms in total. The third kappa shape index (κ3) is 5.16. The molecule has 0 atom stereocenters. The normalized spacial score (nSPS) is 14.3. The van der Waals surface area contributed by atoms with E-state index >= 15 is 0 Å². The predicted octanol–water partition coefficient (Wildman–Crippen LogP) is 4.01. The van der Waals surface area contributed by atoms with Crippen LogP contribution in [0.5, 0.6) is 0 Å². The van der Waals surface area contributed by atoms with Gasteiger partial charge in [-0.25, -0.2) is 4.79 Å². The Morgan fingerprint density at radius 3 is 2.59 bits per heavy atom. The third-order valence-corrected chi connectivity index (χ3v) is 5.49. The van der Waals surface area contributed by atoms with Gasteiger partial charge in [0.05, 0.1) is 12.8 Å². The number of furan rings is 1. The van der Waals surface area contributed by atoms with Crippen LogP contribution in [0.1, 0.15) is 32.1 Å². The number of anilines is 1. The van der Waals surface area contributed by atoms with E-state index in [0.29, 0.717) is 50.0 Å². The van der Waals surface area contributed by atoms with Gasteiger partial charge < -0.3 is 24.0 Å². The summed E-state index contributed by atoms with van der Waals surface area (Å²) in [4.78, 5) is 29.2. The number of rotatable bonds is 7. The van der Waals surface area contributed by atoms with Crippen molar-refractivity contribution in [2.75, 3.05) is 25.0 Å². The van der Waals surface area contributed by atoms with Crippen molar-refractivity contribution in [1.29, 1.82) is 0 Å². The number of nitrogens with zero attached hydrogens (tertiary/aromatic N) is 4. The number of nitrogens with one attached hydrogen (secondary N) is 1. The lowest BCUT2D eigenvalue weighted by molar-refractivity contribution is -0.137. The number of carbonyl (C=O) groups excluding carboxylic acids is 2. The fraction of sp³-hybridized carbons (Fsp3) is 0.391. The highest BCUT2D eigenvalue weighted by Crippen LogP contribution is 2.23. The van der Waals surface area contributed by atoms with E-state index < -0.39 is 0 Å². The van der Waals surface area contributed by atoms with Gasteiger partial charge in [0.15, 0.2) is 5.76 Å². The molecule has 3 amide bonds. The van der Waals surface area contributed by atoms with Crippen LogP contribution in [0.25, 0.3) is 11.7 Å². The first-order valence-corrected chi connectivity index (χ1v) is 10.9. The molecule has 32 heavy (non-hydrogen) atoms. The Hall–Kier alpha value is -3.62. The minimum absolute atomic E-state index is 0.0627. The van der Waals surface area contributed by atoms with Crippen molar-refractivity contribution in [3.8, 4) is 11.7 Å². The summed E-state index contributed by atoms with van der Waals surface area (Å²) >= 11 is 0. The standard InChI is InChI=1S/C23H27N5O4/c1-2-12-28(16-20-25-26-21(32-20)19-9-6-15-31-19)22(29)17-10-13-27(14-11-17)23(30)24-18-7-4-3-5-8-18/h3-9,15,17H,2,10-14,16H2,1H3,(H,24,30). The summed E-state index contributed by atoms with van der Waals surface area (Å²) in [6.45, 7) is 3.97. The molecule has 1 N–H and O–H groups in total. The Morgan fingerprint density at radius 1 is 1.12 bits per heavy atom. The molecule has 1 aromatic carbocycles. The number of hydrogen-bond donors (Lipinski definition) is 1. The number of piperidine rings is 1. The molecule has 0 unspecified atom stereocenters. The summed E-state index contributed by atoms with van der Waals surface area (Å²) in [5.74, 6) is 1.10. The maximum absolute atomic E-state index is 13.2. The number of urea groups is 1. The second kappa shape index (κ2) is 10.1. The maximum atomic E-state index is 13.2. The van der Waals surface area contributed by atoms with Gasteiger partial charge in [0.2, 0.25) is 11.8 Å². The van der Waals surface area contributed by atoms with Crippen LogP contribution >= 0.6 is 0 Å². The molecular formula is C23H27N5O4. The summed E-state index contributed by atoms with van der Waals surface area (Å²) in [6.07, 6.45) is 3.62. The Kier molecular flexibility index (Phi) is 6.84. The summed E-state index contributed by atoms with van der Waals surface area (Å²) in [7, 11) is 0. The lowest BCUT2D eigenvalue weighted by Crippen LogP contribution is -2.45. The SMILES string of the molecule is CCCN(Cc1nnc(-c2ccco2)o1)C(=O)C1CCN(C(=O)Nc2ccccc2)CC1. The van der Waals surface area contributed by atoms with Gasteiger partial charge in [-0.2, -0.15) is 0 Å². The van der Waals surface area contributed by atoms with E-state index in [1.807, 2.05) is 37.3 Å². The molecule has 168 valence electrons. The van der Waals surface area contributed by atoms with Crippen molar-refractivity contribution in [2.24, 2.45) is 5.92 Å². The minimum Gasteiger partial charge on any atom is -0.459 e. The Morgan fingerprint density at radius 2 is 1.91 bits per heavy atom. The molecule has 1 aliphatic rings. The first kappa shape index (κ1) is 21.6. The minimum atomic E-state index is -0.135. The molecule has 1 aliphatic heterocycles. The molecule has 9 heteroatoms. The highest BCUT2D eigenvalue weighted by molar-refractivity contribution is 5.89. The molecule has 4 rings (SSSR count). The smallest absolute Gasteiger partial charge is 0.321 e. The van der Waals surface area contributed by atoms with E-state index in [1.54, 1.807) is 28.2 Å². The first-order valence-electron chi connectivity index (χ1n) is 10.9.